The number of ether oxygens (including phenoxy) is 1. The van der Waals surface area contributed by atoms with Gasteiger partial charge in [-0.2, -0.15) is 0 Å². The second kappa shape index (κ2) is 5.87. The molecule has 1 N–H and O–H groups in total. The van der Waals surface area contributed by atoms with Gasteiger partial charge in [0.2, 0.25) is 0 Å². The lowest BCUT2D eigenvalue weighted by Crippen LogP contribution is -2.25. The summed E-state index contributed by atoms with van der Waals surface area (Å²) in [6.45, 7) is 0. The van der Waals surface area contributed by atoms with Gasteiger partial charge in [0.1, 0.15) is 11.5 Å². The Morgan fingerprint density at radius 2 is 2.16 bits per heavy atom. The molecule has 1 saturated carbocycles. The van der Waals surface area contributed by atoms with Crippen molar-refractivity contribution >= 4 is 11.8 Å². The van der Waals surface area contributed by atoms with Crippen LogP contribution in [0, 0.1) is 5.92 Å². The van der Waals surface area contributed by atoms with Crippen molar-refractivity contribution in [2.24, 2.45) is 5.92 Å². The third-order valence-corrected chi connectivity index (χ3v) is 3.79. The van der Waals surface area contributed by atoms with Crippen molar-refractivity contribution < 1.29 is 19.4 Å². The van der Waals surface area contributed by atoms with E-state index in [-0.39, 0.29) is 24.0 Å². The molecule has 0 heterocycles. The Morgan fingerprint density at radius 3 is 2.84 bits per heavy atom. The predicted octanol–water partition coefficient (Wildman–Crippen LogP) is 2.62. The molecule has 2 rings (SSSR count). The predicted molar refractivity (Wildman–Crippen MR) is 70.3 cm³/mol. The number of aliphatic carboxylic acids is 1. The maximum Gasteiger partial charge on any atom is 0.303 e. The number of ketones is 1. The van der Waals surface area contributed by atoms with Crippen molar-refractivity contribution in [1.82, 2.24) is 0 Å². The molecule has 1 fully saturated rings. The molecule has 0 unspecified atom stereocenters. The van der Waals surface area contributed by atoms with E-state index in [1.807, 2.05) is 24.3 Å². The van der Waals surface area contributed by atoms with Crippen LogP contribution in [-0.2, 0) is 9.59 Å². The highest BCUT2D eigenvalue weighted by atomic mass is 16.5. The third-order valence-electron chi connectivity index (χ3n) is 3.79. The molecule has 1 aromatic rings. The molecule has 0 bridgehead atoms. The first kappa shape index (κ1) is 13.6. The van der Waals surface area contributed by atoms with E-state index in [0.717, 1.165) is 11.3 Å². The first-order valence-electron chi connectivity index (χ1n) is 6.48. The van der Waals surface area contributed by atoms with E-state index in [2.05, 4.69) is 0 Å². The van der Waals surface area contributed by atoms with Crippen molar-refractivity contribution in [3.05, 3.63) is 29.8 Å². The molecule has 4 heteroatoms. The average Bonchev–Trinajstić information content (AvgIpc) is 2.40. The number of hydrogen-bond acceptors (Lipinski definition) is 3. The standard InChI is InChI=1S/C15H18O4/c1-19-14-5-3-2-4-12(14)13-9-11(16)7-6-10(13)8-15(17)18/h2-5,10,13H,6-9H2,1H3,(H,17,18)/t10-,13-/m0/s1. The van der Waals surface area contributed by atoms with E-state index in [4.69, 9.17) is 9.84 Å². The lowest BCUT2D eigenvalue weighted by molar-refractivity contribution is -0.139. The smallest absolute Gasteiger partial charge is 0.303 e. The molecule has 1 aromatic carbocycles. The summed E-state index contributed by atoms with van der Waals surface area (Å²) in [4.78, 5) is 22.7. The minimum absolute atomic E-state index is 0.00602. The molecule has 0 aliphatic heterocycles. The number of carboxylic acid groups (broad SMARTS) is 1. The van der Waals surface area contributed by atoms with Gasteiger partial charge in [0, 0.05) is 19.3 Å². The van der Waals surface area contributed by atoms with Gasteiger partial charge in [-0.1, -0.05) is 18.2 Å². The molecule has 4 nitrogen and oxygen atoms in total. The maximum absolute atomic E-state index is 11.7. The first-order valence-corrected chi connectivity index (χ1v) is 6.48. The maximum atomic E-state index is 11.7. The summed E-state index contributed by atoms with van der Waals surface area (Å²) in [5.74, 6) is 0.0920. The molecule has 1 aliphatic rings. The average molecular weight is 262 g/mol. The van der Waals surface area contributed by atoms with Crippen LogP contribution in [0.15, 0.2) is 24.3 Å². The number of Topliss-reactive ketones (excluding diaryl/α,β-unsaturated/α-hetero) is 1. The van der Waals surface area contributed by atoms with E-state index in [1.54, 1.807) is 7.11 Å². The fourth-order valence-corrected chi connectivity index (χ4v) is 2.87. The highest BCUT2D eigenvalue weighted by Gasteiger charge is 2.33. The van der Waals surface area contributed by atoms with Crippen LogP contribution in [0.3, 0.4) is 0 Å². The number of benzene rings is 1. The number of rotatable bonds is 4. The lowest BCUT2D eigenvalue weighted by Gasteiger charge is -2.31. The summed E-state index contributed by atoms with van der Waals surface area (Å²) in [6.07, 6.45) is 1.66. The molecular weight excluding hydrogens is 244 g/mol. The second-order valence-corrected chi connectivity index (χ2v) is 4.99. The lowest BCUT2D eigenvalue weighted by atomic mass is 9.73. The summed E-state index contributed by atoms with van der Waals surface area (Å²) >= 11 is 0. The second-order valence-electron chi connectivity index (χ2n) is 4.99. The van der Waals surface area contributed by atoms with E-state index in [1.165, 1.54) is 0 Å². The Kier molecular flexibility index (Phi) is 4.20. The number of hydrogen-bond donors (Lipinski definition) is 1. The summed E-state index contributed by atoms with van der Waals surface area (Å²) in [5.41, 5.74) is 0.948. The molecule has 0 amide bonds. The Morgan fingerprint density at radius 1 is 1.42 bits per heavy atom. The molecule has 0 radical (unpaired) electrons. The number of methoxy groups -OCH3 is 1. The molecule has 19 heavy (non-hydrogen) atoms. The van der Waals surface area contributed by atoms with Crippen LogP contribution in [0.1, 0.15) is 37.2 Å². The highest BCUT2D eigenvalue weighted by molar-refractivity contribution is 5.81. The number of carboxylic acids is 1. The highest BCUT2D eigenvalue weighted by Crippen LogP contribution is 2.41. The fourth-order valence-electron chi connectivity index (χ4n) is 2.87. The van der Waals surface area contributed by atoms with Gasteiger partial charge in [0.05, 0.1) is 7.11 Å². The van der Waals surface area contributed by atoms with Gasteiger partial charge in [-0.15, -0.1) is 0 Å². The topological polar surface area (TPSA) is 63.6 Å². The minimum atomic E-state index is -0.806. The van der Waals surface area contributed by atoms with E-state index < -0.39 is 5.97 Å². The van der Waals surface area contributed by atoms with Crippen molar-refractivity contribution in [2.75, 3.05) is 7.11 Å². The van der Waals surface area contributed by atoms with E-state index >= 15 is 0 Å². The summed E-state index contributed by atoms with van der Waals surface area (Å²) in [5, 5.41) is 9.01. The summed E-state index contributed by atoms with van der Waals surface area (Å²) in [7, 11) is 1.59. The number of carbonyl (C=O) groups is 2. The summed E-state index contributed by atoms with van der Waals surface area (Å²) in [6, 6.07) is 7.55. The molecule has 1 aliphatic carbocycles. The van der Waals surface area contributed by atoms with Crippen molar-refractivity contribution in [2.45, 2.75) is 31.6 Å². The van der Waals surface area contributed by atoms with Gasteiger partial charge in [0.15, 0.2) is 0 Å². The zero-order valence-corrected chi connectivity index (χ0v) is 11.0. The Balaban J connectivity index is 2.30. The quantitative estimate of drug-likeness (QED) is 0.906. The van der Waals surface area contributed by atoms with Gasteiger partial charge in [0.25, 0.3) is 0 Å². The number of carbonyl (C=O) groups excluding carboxylic acids is 1. The van der Waals surface area contributed by atoms with Crippen LogP contribution < -0.4 is 4.74 Å². The van der Waals surface area contributed by atoms with E-state index in [9.17, 15) is 9.59 Å². The van der Waals surface area contributed by atoms with Gasteiger partial charge in [-0.25, -0.2) is 0 Å². The Bertz CT molecular complexity index is 481. The van der Waals surface area contributed by atoms with Crippen molar-refractivity contribution in [3.63, 3.8) is 0 Å². The van der Waals surface area contributed by atoms with Crippen LogP contribution in [0.5, 0.6) is 5.75 Å². The zero-order chi connectivity index (χ0) is 13.8. The van der Waals surface area contributed by atoms with Crippen molar-refractivity contribution in [3.8, 4) is 5.75 Å². The van der Waals surface area contributed by atoms with E-state index in [0.29, 0.717) is 19.3 Å². The molecule has 0 saturated heterocycles. The minimum Gasteiger partial charge on any atom is -0.496 e. The van der Waals surface area contributed by atoms with Gasteiger partial charge < -0.3 is 9.84 Å². The molecule has 0 aromatic heterocycles. The van der Waals surface area contributed by atoms with Crippen LogP contribution in [0.25, 0.3) is 0 Å². The van der Waals surface area contributed by atoms with Crippen LogP contribution in [-0.4, -0.2) is 24.0 Å². The Labute approximate surface area is 112 Å². The largest absolute Gasteiger partial charge is 0.496 e. The molecule has 102 valence electrons. The van der Waals surface area contributed by atoms with Gasteiger partial charge in [-0.05, 0) is 29.9 Å². The normalized spacial score (nSPS) is 23.1. The molecule has 2 atom stereocenters. The van der Waals surface area contributed by atoms with Gasteiger partial charge in [-0.3, -0.25) is 9.59 Å². The Hall–Kier alpha value is -1.84. The monoisotopic (exact) mass is 262 g/mol. The molecular formula is C15H18O4. The number of para-hydroxylation sites is 1. The van der Waals surface area contributed by atoms with Crippen molar-refractivity contribution in [1.29, 1.82) is 0 Å². The zero-order valence-electron chi connectivity index (χ0n) is 11.0. The van der Waals surface area contributed by atoms with Crippen LogP contribution >= 0.6 is 0 Å². The summed E-state index contributed by atoms with van der Waals surface area (Å²) < 4.78 is 5.33. The first-order chi connectivity index (χ1) is 9.11. The van der Waals surface area contributed by atoms with Crippen LogP contribution in [0.2, 0.25) is 0 Å². The van der Waals surface area contributed by atoms with Crippen LogP contribution in [0.4, 0.5) is 0 Å². The SMILES string of the molecule is COc1ccccc1[C@H]1CC(=O)CC[C@H]1CC(=O)O. The fraction of sp³-hybridized carbons (Fsp3) is 0.467. The van der Waals surface area contributed by atoms with Gasteiger partial charge >= 0.3 is 5.97 Å². The third kappa shape index (κ3) is 3.13. The molecule has 0 spiro atoms.